The van der Waals surface area contributed by atoms with Gasteiger partial charge in [-0.1, -0.05) is 75.8 Å². The zero-order valence-corrected chi connectivity index (χ0v) is 15.6. The molecule has 1 aromatic rings. The third-order valence-corrected chi connectivity index (χ3v) is 5.59. The lowest BCUT2D eigenvalue weighted by molar-refractivity contribution is 0.124. The number of carbonyl (C=O) groups is 1. The first kappa shape index (κ1) is 18.0. The third kappa shape index (κ3) is 4.45. The lowest BCUT2D eigenvalue weighted by Gasteiger charge is -2.42. The molecule has 1 aliphatic heterocycles. The Labute approximate surface area is 152 Å². The molecule has 2 amide bonds. The van der Waals surface area contributed by atoms with Crippen LogP contribution in [0, 0.1) is 0 Å². The number of unbranched alkanes of at least 4 members (excludes halogenated alkanes) is 3. The van der Waals surface area contributed by atoms with Crippen molar-refractivity contribution >= 4 is 6.03 Å². The molecule has 136 valence electrons. The fraction of sp³-hybridized carbons (Fsp3) is 0.591. The average Bonchev–Trinajstić information content (AvgIpc) is 2.67. The Morgan fingerprint density at radius 2 is 1.76 bits per heavy atom. The molecule has 0 radical (unpaired) electrons. The Hall–Kier alpha value is -1.77. The van der Waals surface area contributed by atoms with Gasteiger partial charge in [-0.3, -0.25) is 4.90 Å². The van der Waals surface area contributed by atoms with Gasteiger partial charge in [0.15, 0.2) is 0 Å². The number of hydrogen-bond donors (Lipinski definition) is 0. The van der Waals surface area contributed by atoms with Crippen molar-refractivity contribution in [1.82, 2.24) is 9.80 Å². The van der Waals surface area contributed by atoms with Crippen LogP contribution < -0.4 is 0 Å². The summed E-state index contributed by atoms with van der Waals surface area (Å²) in [5.41, 5.74) is 1.21. The largest absolute Gasteiger partial charge is 0.325 e. The number of rotatable bonds is 7. The van der Waals surface area contributed by atoms with Gasteiger partial charge in [-0.2, -0.15) is 0 Å². The Morgan fingerprint density at radius 3 is 2.48 bits per heavy atom. The standard InChI is InChI=1S/C22H32N2O/c1-2-3-4-11-17-24-21(19-12-7-5-8-13-19)16-18-23(22(24)25)20-14-9-6-10-15-20/h5,7-8,12-13,16,18,20-21H,2-4,6,9-11,14-15,17H2,1H3/t21-/m1/s1. The Balaban J connectivity index is 1.77. The second kappa shape index (κ2) is 9.07. The molecule has 25 heavy (non-hydrogen) atoms. The zero-order chi connectivity index (χ0) is 17.5. The molecule has 1 aliphatic carbocycles. The Morgan fingerprint density at radius 1 is 1.00 bits per heavy atom. The highest BCUT2D eigenvalue weighted by atomic mass is 16.2. The zero-order valence-electron chi connectivity index (χ0n) is 15.6. The van der Waals surface area contributed by atoms with Crippen LogP contribution >= 0.6 is 0 Å². The van der Waals surface area contributed by atoms with Gasteiger partial charge in [0.25, 0.3) is 0 Å². The molecule has 3 rings (SSSR count). The van der Waals surface area contributed by atoms with Crippen molar-refractivity contribution in [3.05, 3.63) is 48.2 Å². The summed E-state index contributed by atoms with van der Waals surface area (Å²) in [5, 5.41) is 0. The van der Waals surface area contributed by atoms with E-state index in [1.165, 1.54) is 44.1 Å². The molecule has 0 N–H and O–H groups in total. The number of urea groups is 1. The van der Waals surface area contributed by atoms with E-state index in [0.717, 1.165) is 25.8 Å². The van der Waals surface area contributed by atoms with Gasteiger partial charge in [-0.05, 0) is 30.9 Å². The second-order valence-corrected chi connectivity index (χ2v) is 7.43. The number of carbonyl (C=O) groups excluding carboxylic acids is 1. The van der Waals surface area contributed by atoms with E-state index < -0.39 is 0 Å². The molecule has 1 atom stereocenters. The van der Waals surface area contributed by atoms with Crippen LogP contribution in [0.15, 0.2) is 42.6 Å². The molecule has 2 aliphatic rings. The summed E-state index contributed by atoms with van der Waals surface area (Å²) in [6.45, 7) is 3.08. The summed E-state index contributed by atoms with van der Waals surface area (Å²) in [4.78, 5) is 17.4. The molecule has 0 saturated heterocycles. The summed E-state index contributed by atoms with van der Waals surface area (Å²) in [6, 6.07) is 11.1. The maximum atomic E-state index is 13.3. The Kier molecular flexibility index (Phi) is 6.55. The minimum Gasteiger partial charge on any atom is -0.314 e. The number of benzene rings is 1. The number of amides is 2. The van der Waals surface area contributed by atoms with Gasteiger partial charge in [0.05, 0.1) is 6.04 Å². The van der Waals surface area contributed by atoms with E-state index >= 15 is 0 Å². The summed E-state index contributed by atoms with van der Waals surface area (Å²) in [6.07, 6.45) is 15.2. The lowest BCUT2D eigenvalue weighted by atomic mass is 9.93. The van der Waals surface area contributed by atoms with E-state index in [2.05, 4.69) is 48.4 Å². The van der Waals surface area contributed by atoms with Crippen LogP contribution in [0.2, 0.25) is 0 Å². The van der Waals surface area contributed by atoms with Gasteiger partial charge in [-0.25, -0.2) is 4.79 Å². The molecule has 0 spiro atoms. The van der Waals surface area contributed by atoms with E-state index in [9.17, 15) is 4.79 Å². The molecule has 0 bridgehead atoms. The van der Waals surface area contributed by atoms with Gasteiger partial charge in [0.1, 0.15) is 0 Å². The van der Waals surface area contributed by atoms with Gasteiger partial charge >= 0.3 is 6.03 Å². The fourth-order valence-electron chi connectivity index (χ4n) is 4.13. The summed E-state index contributed by atoms with van der Waals surface area (Å²) in [5.74, 6) is 0. The molecule has 1 saturated carbocycles. The normalized spacial score (nSPS) is 21.8. The minimum atomic E-state index is 0.0789. The fourth-order valence-corrected chi connectivity index (χ4v) is 4.13. The van der Waals surface area contributed by atoms with Crippen molar-refractivity contribution < 1.29 is 4.79 Å². The molecular weight excluding hydrogens is 308 g/mol. The van der Waals surface area contributed by atoms with Crippen LogP contribution in [0.1, 0.15) is 76.3 Å². The molecule has 0 aromatic heterocycles. The van der Waals surface area contributed by atoms with Crippen molar-refractivity contribution in [2.24, 2.45) is 0 Å². The van der Waals surface area contributed by atoms with Crippen LogP contribution in [-0.4, -0.2) is 28.4 Å². The van der Waals surface area contributed by atoms with E-state index in [4.69, 9.17) is 0 Å². The molecular formula is C22H32N2O. The molecule has 1 fully saturated rings. The highest BCUT2D eigenvalue weighted by Crippen LogP contribution is 2.32. The van der Waals surface area contributed by atoms with Gasteiger partial charge in [0, 0.05) is 18.8 Å². The van der Waals surface area contributed by atoms with Crippen LogP contribution in [-0.2, 0) is 0 Å². The molecule has 3 nitrogen and oxygen atoms in total. The van der Waals surface area contributed by atoms with Crippen LogP contribution in [0.5, 0.6) is 0 Å². The lowest BCUT2D eigenvalue weighted by Crippen LogP contribution is -2.50. The second-order valence-electron chi connectivity index (χ2n) is 7.43. The minimum absolute atomic E-state index is 0.0789. The predicted molar refractivity (Wildman–Crippen MR) is 103 cm³/mol. The van der Waals surface area contributed by atoms with Crippen LogP contribution in [0.3, 0.4) is 0 Å². The van der Waals surface area contributed by atoms with Crippen LogP contribution in [0.4, 0.5) is 4.79 Å². The summed E-state index contributed by atoms with van der Waals surface area (Å²) >= 11 is 0. The van der Waals surface area contributed by atoms with Crippen molar-refractivity contribution in [2.45, 2.75) is 76.8 Å². The molecule has 1 aromatic carbocycles. The van der Waals surface area contributed by atoms with Gasteiger partial charge < -0.3 is 4.90 Å². The van der Waals surface area contributed by atoms with Crippen molar-refractivity contribution in [3.63, 3.8) is 0 Å². The van der Waals surface area contributed by atoms with Gasteiger partial charge in [-0.15, -0.1) is 0 Å². The highest BCUT2D eigenvalue weighted by molar-refractivity contribution is 5.78. The predicted octanol–water partition coefficient (Wildman–Crippen LogP) is 5.89. The SMILES string of the molecule is CCCCCCN1C(=O)N(C2CCCCC2)C=C[C@@H]1c1ccccc1. The van der Waals surface area contributed by atoms with E-state index in [1.807, 2.05) is 11.0 Å². The first-order valence-electron chi connectivity index (χ1n) is 10.1. The summed E-state index contributed by atoms with van der Waals surface area (Å²) < 4.78 is 0. The van der Waals surface area contributed by atoms with Gasteiger partial charge in [0.2, 0.25) is 0 Å². The molecule has 3 heteroatoms. The first-order chi connectivity index (χ1) is 12.3. The Bertz CT molecular complexity index is 563. The molecule has 0 unspecified atom stereocenters. The maximum Gasteiger partial charge on any atom is 0.325 e. The van der Waals surface area contributed by atoms with E-state index in [0.29, 0.717) is 6.04 Å². The van der Waals surface area contributed by atoms with Crippen molar-refractivity contribution in [1.29, 1.82) is 0 Å². The third-order valence-electron chi connectivity index (χ3n) is 5.59. The smallest absolute Gasteiger partial charge is 0.314 e. The van der Waals surface area contributed by atoms with Crippen molar-refractivity contribution in [3.8, 4) is 0 Å². The van der Waals surface area contributed by atoms with E-state index in [1.54, 1.807) is 0 Å². The highest BCUT2D eigenvalue weighted by Gasteiger charge is 2.34. The number of nitrogens with zero attached hydrogens (tertiary/aromatic N) is 2. The van der Waals surface area contributed by atoms with Crippen LogP contribution in [0.25, 0.3) is 0 Å². The average molecular weight is 341 g/mol. The summed E-state index contributed by atoms with van der Waals surface area (Å²) in [7, 11) is 0. The topological polar surface area (TPSA) is 23.6 Å². The molecule has 1 heterocycles. The first-order valence-corrected chi connectivity index (χ1v) is 10.1. The monoisotopic (exact) mass is 340 g/mol. The van der Waals surface area contributed by atoms with Crippen molar-refractivity contribution in [2.75, 3.05) is 6.54 Å². The maximum absolute atomic E-state index is 13.3. The number of hydrogen-bond acceptors (Lipinski definition) is 1. The quantitative estimate of drug-likeness (QED) is 0.567. The van der Waals surface area contributed by atoms with E-state index in [-0.39, 0.29) is 12.1 Å².